The van der Waals surface area contributed by atoms with Gasteiger partial charge in [-0.25, -0.2) is 0 Å². The van der Waals surface area contributed by atoms with Gasteiger partial charge in [-0.2, -0.15) is 0 Å². The second kappa shape index (κ2) is 4.84. The molecule has 0 aliphatic heterocycles. The van der Waals surface area contributed by atoms with Crippen molar-refractivity contribution < 1.29 is 4.74 Å². The van der Waals surface area contributed by atoms with Crippen molar-refractivity contribution in [1.82, 2.24) is 14.8 Å². The summed E-state index contributed by atoms with van der Waals surface area (Å²) in [6.45, 7) is 0. The fraction of sp³-hybridized carbons (Fsp3) is 0.200. The zero-order valence-corrected chi connectivity index (χ0v) is 10.9. The number of ether oxygens (including phenoxy) is 1. The van der Waals surface area contributed by atoms with E-state index in [0.717, 1.165) is 15.9 Å². The summed E-state index contributed by atoms with van der Waals surface area (Å²) in [6, 6.07) is 5.72. The first-order chi connectivity index (χ1) is 7.76. The van der Waals surface area contributed by atoms with Gasteiger partial charge in [0.25, 0.3) is 0 Å². The third-order valence-corrected chi connectivity index (χ3v) is 3.01. The molecule has 1 aromatic carbocycles. The molecule has 6 heteroatoms. The van der Waals surface area contributed by atoms with E-state index in [4.69, 9.17) is 16.3 Å². The van der Waals surface area contributed by atoms with Gasteiger partial charge in [-0.1, -0.05) is 0 Å². The first-order valence-electron chi connectivity index (χ1n) is 4.55. The topological polar surface area (TPSA) is 39.9 Å². The van der Waals surface area contributed by atoms with Gasteiger partial charge >= 0.3 is 0 Å². The van der Waals surface area contributed by atoms with Crippen LogP contribution in [-0.2, 0) is 5.88 Å². The van der Waals surface area contributed by atoms with Gasteiger partial charge in [0.1, 0.15) is 12.1 Å². The molecule has 16 heavy (non-hydrogen) atoms. The molecule has 2 rings (SSSR count). The molecule has 2 aromatic rings. The number of nitrogens with zero attached hydrogens (tertiary/aromatic N) is 3. The molecule has 0 bridgehead atoms. The molecule has 0 aliphatic rings. The van der Waals surface area contributed by atoms with Crippen LogP contribution in [-0.4, -0.2) is 21.9 Å². The van der Waals surface area contributed by atoms with Crippen LogP contribution in [0.5, 0.6) is 5.75 Å². The maximum atomic E-state index is 5.76. The van der Waals surface area contributed by atoms with Gasteiger partial charge in [0, 0.05) is 5.69 Å². The SMILES string of the molecule is COc1ccc(-n2cnnc2CCl)cc1Br. The molecule has 0 unspecified atom stereocenters. The molecular formula is C10H9BrClN3O. The van der Waals surface area contributed by atoms with Gasteiger partial charge in [0.15, 0.2) is 5.82 Å². The number of alkyl halides is 1. The Hall–Kier alpha value is -1.07. The average molecular weight is 303 g/mol. The summed E-state index contributed by atoms with van der Waals surface area (Å²) in [5, 5.41) is 7.74. The van der Waals surface area contributed by atoms with E-state index in [-0.39, 0.29) is 0 Å². The Bertz CT molecular complexity index is 501. The van der Waals surface area contributed by atoms with Crippen molar-refractivity contribution in [2.75, 3.05) is 7.11 Å². The molecule has 0 spiro atoms. The third-order valence-electron chi connectivity index (χ3n) is 2.15. The molecule has 1 aromatic heterocycles. The summed E-state index contributed by atoms with van der Waals surface area (Å²) in [5.41, 5.74) is 0.938. The lowest BCUT2D eigenvalue weighted by molar-refractivity contribution is 0.412. The smallest absolute Gasteiger partial charge is 0.152 e. The van der Waals surface area contributed by atoms with E-state index in [9.17, 15) is 0 Å². The number of methoxy groups -OCH3 is 1. The van der Waals surface area contributed by atoms with Crippen molar-refractivity contribution in [1.29, 1.82) is 0 Å². The summed E-state index contributed by atoms with van der Waals surface area (Å²) in [5.74, 6) is 1.81. The number of aromatic nitrogens is 3. The molecule has 0 N–H and O–H groups in total. The zero-order chi connectivity index (χ0) is 11.5. The van der Waals surface area contributed by atoms with Crippen molar-refractivity contribution in [3.8, 4) is 11.4 Å². The van der Waals surface area contributed by atoms with E-state index in [2.05, 4.69) is 26.1 Å². The molecule has 1 heterocycles. The van der Waals surface area contributed by atoms with Crippen molar-refractivity contribution in [2.24, 2.45) is 0 Å². The highest BCUT2D eigenvalue weighted by Crippen LogP contribution is 2.27. The second-order valence-electron chi connectivity index (χ2n) is 3.07. The predicted octanol–water partition coefficient (Wildman–Crippen LogP) is 2.78. The van der Waals surface area contributed by atoms with Crippen molar-refractivity contribution in [3.05, 3.63) is 34.8 Å². The van der Waals surface area contributed by atoms with E-state index in [1.54, 1.807) is 13.4 Å². The predicted molar refractivity (Wildman–Crippen MR) is 65.2 cm³/mol. The van der Waals surface area contributed by atoms with Crippen LogP contribution in [0.15, 0.2) is 29.0 Å². The van der Waals surface area contributed by atoms with E-state index in [1.807, 2.05) is 22.8 Å². The number of hydrogen-bond donors (Lipinski definition) is 0. The Morgan fingerprint density at radius 3 is 2.94 bits per heavy atom. The molecule has 0 fully saturated rings. The van der Waals surface area contributed by atoms with Gasteiger partial charge < -0.3 is 4.74 Å². The molecule has 0 radical (unpaired) electrons. The van der Waals surface area contributed by atoms with Crippen molar-refractivity contribution in [3.63, 3.8) is 0 Å². The highest BCUT2D eigenvalue weighted by molar-refractivity contribution is 9.10. The van der Waals surface area contributed by atoms with Gasteiger partial charge in [-0.05, 0) is 34.1 Å². The van der Waals surface area contributed by atoms with Gasteiger partial charge in [-0.15, -0.1) is 21.8 Å². The summed E-state index contributed by atoms with van der Waals surface area (Å²) < 4.78 is 7.87. The van der Waals surface area contributed by atoms with Crippen LogP contribution < -0.4 is 4.74 Å². The fourth-order valence-electron chi connectivity index (χ4n) is 1.37. The Morgan fingerprint density at radius 1 is 1.50 bits per heavy atom. The monoisotopic (exact) mass is 301 g/mol. The number of halogens is 2. The summed E-state index contributed by atoms with van der Waals surface area (Å²) in [4.78, 5) is 0. The van der Waals surface area contributed by atoms with Crippen LogP contribution in [0.1, 0.15) is 5.82 Å². The lowest BCUT2D eigenvalue weighted by atomic mass is 10.3. The maximum absolute atomic E-state index is 5.76. The van der Waals surface area contributed by atoms with E-state index >= 15 is 0 Å². The minimum absolute atomic E-state index is 0.323. The molecule has 0 atom stereocenters. The molecule has 0 saturated carbocycles. The number of rotatable bonds is 3. The van der Waals surface area contributed by atoms with Crippen LogP contribution in [0.2, 0.25) is 0 Å². The Labute approximate surface area is 106 Å². The first-order valence-corrected chi connectivity index (χ1v) is 5.87. The van der Waals surface area contributed by atoms with E-state index in [0.29, 0.717) is 11.7 Å². The Balaban J connectivity index is 2.45. The average Bonchev–Trinajstić information content (AvgIpc) is 2.77. The van der Waals surface area contributed by atoms with Crippen LogP contribution in [0.3, 0.4) is 0 Å². The first kappa shape index (κ1) is 11.4. The molecule has 4 nitrogen and oxygen atoms in total. The second-order valence-corrected chi connectivity index (χ2v) is 4.19. The van der Waals surface area contributed by atoms with Crippen LogP contribution in [0, 0.1) is 0 Å². The van der Waals surface area contributed by atoms with Crippen molar-refractivity contribution >= 4 is 27.5 Å². The van der Waals surface area contributed by atoms with E-state index in [1.165, 1.54) is 0 Å². The normalized spacial score (nSPS) is 10.4. The molecule has 0 amide bonds. The minimum atomic E-state index is 0.323. The number of benzene rings is 1. The lowest BCUT2D eigenvalue weighted by Gasteiger charge is -2.08. The lowest BCUT2D eigenvalue weighted by Crippen LogP contribution is -1.98. The van der Waals surface area contributed by atoms with Crippen LogP contribution in [0.25, 0.3) is 5.69 Å². The quantitative estimate of drug-likeness (QED) is 0.819. The van der Waals surface area contributed by atoms with Crippen LogP contribution >= 0.6 is 27.5 Å². The molecule has 0 aliphatic carbocycles. The van der Waals surface area contributed by atoms with E-state index < -0.39 is 0 Å². The van der Waals surface area contributed by atoms with Crippen molar-refractivity contribution in [2.45, 2.75) is 5.88 Å². The van der Waals surface area contributed by atoms with Gasteiger partial charge in [-0.3, -0.25) is 4.57 Å². The summed E-state index contributed by atoms with van der Waals surface area (Å²) in [6.07, 6.45) is 1.63. The number of hydrogen-bond acceptors (Lipinski definition) is 3. The highest BCUT2D eigenvalue weighted by Gasteiger charge is 2.07. The zero-order valence-electron chi connectivity index (χ0n) is 8.52. The molecular weight excluding hydrogens is 293 g/mol. The van der Waals surface area contributed by atoms with Gasteiger partial charge in [0.05, 0.1) is 17.5 Å². The summed E-state index contributed by atoms with van der Waals surface area (Å²) >= 11 is 9.19. The summed E-state index contributed by atoms with van der Waals surface area (Å²) in [7, 11) is 1.63. The standard InChI is InChI=1S/C10H9BrClN3O/c1-16-9-3-2-7(4-8(9)11)15-6-13-14-10(15)5-12/h2-4,6H,5H2,1H3. The van der Waals surface area contributed by atoms with Gasteiger partial charge in [0.2, 0.25) is 0 Å². The van der Waals surface area contributed by atoms with Crippen LogP contribution in [0.4, 0.5) is 0 Å². The fourth-order valence-corrected chi connectivity index (χ4v) is 2.08. The largest absolute Gasteiger partial charge is 0.496 e. The molecule has 84 valence electrons. The highest BCUT2D eigenvalue weighted by atomic mass is 79.9. The Morgan fingerprint density at radius 2 is 2.31 bits per heavy atom. The third kappa shape index (κ3) is 2.05. The molecule has 0 saturated heterocycles. The minimum Gasteiger partial charge on any atom is -0.496 e. The maximum Gasteiger partial charge on any atom is 0.152 e. The Kier molecular flexibility index (Phi) is 3.46.